The highest BCUT2D eigenvalue weighted by molar-refractivity contribution is 5.62. The molecule has 0 radical (unpaired) electrons. The highest BCUT2D eigenvalue weighted by Gasteiger charge is 2.23. The molecule has 0 aliphatic carbocycles. The fraction of sp³-hybridized carbons (Fsp3) is 0.429. The maximum absolute atomic E-state index is 5.80. The zero-order valence-electron chi connectivity index (χ0n) is 11.1. The predicted octanol–water partition coefficient (Wildman–Crippen LogP) is 1.19. The molecule has 0 saturated heterocycles. The minimum atomic E-state index is 0.284. The van der Waals surface area contributed by atoms with Crippen molar-refractivity contribution in [2.24, 2.45) is 11.7 Å². The summed E-state index contributed by atoms with van der Waals surface area (Å²) in [5, 5.41) is 8.63. The normalized spacial score (nSPS) is 19.9. The molecule has 0 fully saturated rings. The number of nitrogens with two attached hydrogens (primary N) is 1. The highest BCUT2D eigenvalue weighted by Crippen LogP contribution is 2.36. The molecule has 2 N–H and O–H groups in total. The summed E-state index contributed by atoms with van der Waals surface area (Å²) in [6.45, 7) is 1.88. The van der Waals surface area contributed by atoms with Gasteiger partial charge in [0, 0.05) is 18.5 Å². The van der Waals surface area contributed by atoms with Crippen LogP contribution in [0.1, 0.15) is 12.2 Å². The van der Waals surface area contributed by atoms with Crippen LogP contribution in [0.4, 0.5) is 0 Å². The molecule has 0 spiro atoms. The first-order chi connectivity index (χ1) is 9.85. The van der Waals surface area contributed by atoms with Crippen molar-refractivity contribution in [3.05, 3.63) is 24.0 Å². The topological polar surface area (TPSA) is 75.2 Å². The van der Waals surface area contributed by atoms with Crippen molar-refractivity contribution in [2.75, 3.05) is 13.3 Å². The van der Waals surface area contributed by atoms with Gasteiger partial charge in [0.15, 0.2) is 17.3 Å². The molecule has 2 aliphatic rings. The van der Waals surface area contributed by atoms with E-state index in [0.29, 0.717) is 12.5 Å². The summed E-state index contributed by atoms with van der Waals surface area (Å²) in [4.78, 5) is 0. The van der Waals surface area contributed by atoms with E-state index in [1.807, 2.05) is 18.2 Å². The Balaban J connectivity index is 1.74. The summed E-state index contributed by atoms with van der Waals surface area (Å²) in [6, 6.07) is 5.88. The van der Waals surface area contributed by atoms with Crippen LogP contribution in [0.15, 0.2) is 18.2 Å². The number of rotatable bonds is 2. The van der Waals surface area contributed by atoms with Gasteiger partial charge in [0.1, 0.15) is 5.82 Å². The first-order valence-electron chi connectivity index (χ1n) is 6.87. The lowest BCUT2D eigenvalue weighted by Crippen LogP contribution is -2.26. The summed E-state index contributed by atoms with van der Waals surface area (Å²) in [5.74, 6) is 3.99. The molecule has 3 heterocycles. The molecule has 0 amide bonds. The van der Waals surface area contributed by atoms with E-state index in [0.717, 1.165) is 48.1 Å². The Bertz CT molecular complexity index is 653. The fourth-order valence-corrected chi connectivity index (χ4v) is 2.84. The van der Waals surface area contributed by atoms with Crippen molar-refractivity contribution in [1.29, 1.82) is 0 Å². The van der Waals surface area contributed by atoms with Gasteiger partial charge in [-0.25, -0.2) is 0 Å². The minimum Gasteiger partial charge on any atom is -0.454 e. The van der Waals surface area contributed by atoms with Gasteiger partial charge in [-0.05, 0) is 37.1 Å². The average molecular weight is 272 g/mol. The second-order valence-electron chi connectivity index (χ2n) is 5.26. The van der Waals surface area contributed by atoms with Gasteiger partial charge in [0.25, 0.3) is 0 Å². The smallest absolute Gasteiger partial charge is 0.231 e. The minimum absolute atomic E-state index is 0.284. The van der Waals surface area contributed by atoms with Crippen LogP contribution in [0.2, 0.25) is 0 Å². The van der Waals surface area contributed by atoms with Gasteiger partial charge < -0.3 is 19.8 Å². The van der Waals surface area contributed by atoms with Crippen LogP contribution in [0.5, 0.6) is 11.5 Å². The lowest BCUT2D eigenvalue weighted by Gasteiger charge is -2.22. The number of hydrogen-bond donors (Lipinski definition) is 1. The molecule has 6 nitrogen and oxygen atoms in total. The zero-order valence-corrected chi connectivity index (χ0v) is 11.1. The van der Waals surface area contributed by atoms with Gasteiger partial charge in [0.2, 0.25) is 6.79 Å². The van der Waals surface area contributed by atoms with E-state index in [2.05, 4.69) is 14.8 Å². The van der Waals surface area contributed by atoms with Crippen LogP contribution in [-0.4, -0.2) is 28.1 Å². The average Bonchev–Trinajstić information content (AvgIpc) is 3.11. The summed E-state index contributed by atoms with van der Waals surface area (Å²) < 4.78 is 12.9. The quantitative estimate of drug-likeness (QED) is 0.889. The van der Waals surface area contributed by atoms with Gasteiger partial charge in [-0.3, -0.25) is 0 Å². The zero-order chi connectivity index (χ0) is 13.5. The summed E-state index contributed by atoms with van der Waals surface area (Å²) in [7, 11) is 0. The molecule has 0 bridgehead atoms. The van der Waals surface area contributed by atoms with Gasteiger partial charge in [-0.1, -0.05) is 0 Å². The largest absolute Gasteiger partial charge is 0.454 e. The van der Waals surface area contributed by atoms with E-state index in [1.54, 1.807) is 0 Å². The first-order valence-corrected chi connectivity index (χ1v) is 6.87. The van der Waals surface area contributed by atoms with Crippen LogP contribution in [0.25, 0.3) is 11.4 Å². The van der Waals surface area contributed by atoms with Crippen molar-refractivity contribution in [1.82, 2.24) is 14.8 Å². The number of hydrogen-bond acceptors (Lipinski definition) is 5. The lowest BCUT2D eigenvalue weighted by atomic mass is 9.99. The summed E-state index contributed by atoms with van der Waals surface area (Å²) >= 11 is 0. The van der Waals surface area contributed by atoms with Crippen LogP contribution in [0, 0.1) is 5.92 Å². The van der Waals surface area contributed by atoms with Crippen molar-refractivity contribution in [2.45, 2.75) is 19.4 Å². The second-order valence-corrected chi connectivity index (χ2v) is 5.26. The van der Waals surface area contributed by atoms with Gasteiger partial charge in [-0.15, -0.1) is 10.2 Å². The Labute approximate surface area is 116 Å². The fourth-order valence-electron chi connectivity index (χ4n) is 2.84. The third-order valence-corrected chi connectivity index (χ3v) is 4.01. The molecule has 1 aromatic carbocycles. The molecule has 1 unspecified atom stereocenters. The SMILES string of the molecule is NCC1CCc2nnc(-c3ccc4c(c3)OCO4)n2C1. The first kappa shape index (κ1) is 11.7. The Morgan fingerprint density at radius 3 is 3.05 bits per heavy atom. The van der Waals surface area contributed by atoms with Crippen molar-refractivity contribution in [3.63, 3.8) is 0 Å². The van der Waals surface area contributed by atoms with E-state index < -0.39 is 0 Å². The molecular weight excluding hydrogens is 256 g/mol. The number of fused-ring (bicyclic) bond motifs is 2. The number of ether oxygens (including phenoxy) is 2. The highest BCUT2D eigenvalue weighted by atomic mass is 16.7. The van der Waals surface area contributed by atoms with Crippen molar-refractivity contribution >= 4 is 0 Å². The van der Waals surface area contributed by atoms with E-state index in [-0.39, 0.29) is 6.79 Å². The third kappa shape index (κ3) is 1.76. The van der Waals surface area contributed by atoms with Crippen LogP contribution >= 0.6 is 0 Å². The standard InChI is InChI=1S/C14H16N4O2/c15-6-9-1-4-13-16-17-14(18(13)7-9)10-2-3-11-12(5-10)20-8-19-11/h2-3,5,9H,1,4,6-8,15H2. The Morgan fingerprint density at radius 1 is 1.25 bits per heavy atom. The molecule has 6 heteroatoms. The second kappa shape index (κ2) is 4.49. The van der Waals surface area contributed by atoms with Crippen LogP contribution < -0.4 is 15.2 Å². The number of aromatic nitrogens is 3. The predicted molar refractivity (Wildman–Crippen MR) is 72.4 cm³/mol. The van der Waals surface area contributed by atoms with E-state index in [9.17, 15) is 0 Å². The Hall–Kier alpha value is -2.08. The maximum Gasteiger partial charge on any atom is 0.231 e. The van der Waals surface area contributed by atoms with Crippen LogP contribution in [0.3, 0.4) is 0 Å². The molecule has 104 valence electrons. The van der Waals surface area contributed by atoms with Gasteiger partial charge >= 0.3 is 0 Å². The monoisotopic (exact) mass is 272 g/mol. The van der Waals surface area contributed by atoms with Gasteiger partial charge in [0.05, 0.1) is 0 Å². The number of benzene rings is 1. The molecule has 2 aromatic rings. The Kier molecular flexibility index (Phi) is 2.63. The molecule has 1 atom stereocenters. The van der Waals surface area contributed by atoms with E-state index >= 15 is 0 Å². The van der Waals surface area contributed by atoms with Crippen molar-refractivity contribution in [3.8, 4) is 22.9 Å². The molecular formula is C14H16N4O2. The van der Waals surface area contributed by atoms with E-state index in [1.165, 1.54) is 0 Å². The molecule has 4 rings (SSSR count). The maximum atomic E-state index is 5.80. The Morgan fingerprint density at radius 2 is 2.15 bits per heavy atom. The molecule has 20 heavy (non-hydrogen) atoms. The van der Waals surface area contributed by atoms with Crippen LogP contribution in [-0.2, 0) is 13.0 Å². The third-order valence-electron chi connectivity index (χ3n) is 4.01. The number of aryl methyl sites for hydroxylation is 1. The lowest BCUT2D eigenvalue weighted by molar-refractivity contribution is 0.174. The molecule has 2 aliphatic heterocycles. The summed E-state index contributed by atoms with van der Waals surface area (Å²) in [5.41, 5.74) is 6.81. The van der Waals surface area contributed by atoms with Crippen molar-refractivity contribution < 1.29 is 9.47 Å². The molecule has 1 aromatic heterocycles. The number of nitrogens with zero attached hydrogens (tertiary/aromatic N) is 3. The van der Waals surface area contributed by atoms with Gasteiger partial charge in [-0.2, -0.15) is 0 Å². The van der Waals surface area contributed by atoms with E-state index in [4.69, 9.17) is 15.2 Å². The summed E-state index contributed by atoms with van der Waals surface area (Å²) in [6.07, 6.45) is 2.04. The molecule has 0 saturated carbocycles.